The van der Waals surface area contributed by atoms with Crippen molar-refractivity contribution in [3.05, 3.63) is 41.2 Å². The van der Waals surface area contributed by atoms with E-state index in [0.29, 0.717) is 6.54 Å². The van der Waals surface area contributed by atoms with Crippen molar-refractivity contribution in [3.8, 4) is 0 Å². The average Bonchev–Trinajstić information content (AvgIpc) is 2.95. The van der Waals surface area contributed by atoms with Crippen LogP contribution in [0.15, 0.2) is 23.3 Å². The largest absolute Gasteiger partial charge is 0.357 e. The fourth-order valence-electron chi connectivity index (χ4n) is 2.93. The van der Waals surface area contributed by atoms with Gasteiger partial charge in [0.25, 0.3) is 0 Å². The summed E-state index contributed by atoms with van der Waals surface area (Å²) in [6.45, 7) is 8.37. The molecule has 136 valence electrons. The highest BCUT2D eigenvalue weighted by Gasteiger charge is 2.24. The molecule has 3 rings (SSSR count). The lowest BCUT2D eigenvalue weighted by Gasteiger charge is -2.25. The number of rotatable bonds is 4. The molecule has 25 heavy (non-hydrogen) atoms. The Morgan fingerprint density at radius 2 is 2.24 bits per heavy atom. The molecule has 7 nitrogen and oxygen atoms in total. The van der Waals surface area contributed by atoms with E-state index in [0.717, 1.165) is 54.8 Å². The van der Waals surface area contributed by atoms with Gasteiger partial charge in [0, 0.05) is 19.3 Å². The van der Waals surface area contributed by atoms with Crippen LogP contribution in [-0.2, 0) is 13.1 Å². The van der Waals surface area contributed by atoms with E-state index < -0.39 is 0 Å². The summed E-state index contributed by atoms with van der Waals surface area (Å²) in [5.41, 5.74) is 2.16. The van der Waals surface area contributed by atoms with Gasteiger partial charge in [-0.1, -0.05) is 6.07 Å². The van der Waals surface area contributed by atoms with E-state index in [1.54, 1.807) is 0 Å². The minimum absolute atomic E-state index is 0. The van der Waals surface area contributed by atoms with Crippen molar-refractivity contribution in [2.75, 3.05) is 6.54 Å². The van der Waals surface area contributed by atoms with Gasteiger partial charge in [-0.15, -0.1) is 24.0 Å². The molecule has 2 aromatic rings. The summed E-state index contributed by atoms with van der Waals surface area (Å²) < 4.78 is 2.00. The Morgan fingerprint density at radius 1 is 1.40 bits per heavy atom. The maximum Gasteiger partial charge on any atom is 0.192 e. The van der Waals surface area contributed by atoms with Crippen LogP contribution in [-0.4, -0.2) is 32.3 Å². The van der Waals surface area contributed by atoms with Crippen molar-refractivity contribution in [3.63, 3.8) is 0 Å². The Kier molecular flexibility index (Phi) is 7.15. The van der Waals surface area contributed by atoms with Crippen LogP contribution in [0.3, 0.4) is 0 Å². The first-order valence-electron chi connectivity index (χ1n) is 8.54. The summed E-state index contributed by atoms with van der Waals surface area (Å²) in [5.74, 6) is 2.62. The quantitative estimate of drug-likeness (QED) is 0.421. The van der Waals surface area contributed by atoms with Gasteiger partial charge in [-0.3, -0.25) is 4.98 Å². The lowest BCUT2D eigenvalue weighted by molar-refractivity contribution is 0.397. The van der Waals surface area contributed by atoms with Gasteiger partial charge in [0.15, 0.2) is 5.96 Å². The minimum atomic E-state index is 0. The van der Waals surface area contributed by atoms with Crippen molar-refractivity contribution in [2.24, 2.45) is 4.99 Å². The van der Waals surface area contributed by atoms with Gasteiger partial charge in [-0.2, -0.15) is 5.10 Å². The van der Waals surface area contributed by atoms with Gasteiger partial charge in [0.2, 0.25) is 0 Å². The molecular weight excluding hydrogens is 429 g/mol. The number of pyridine rings is 1. The van der Waals surface area contributed by atoms with E-state index in [1.165, 1.54) is 0 Å². The number of nitrogens with zero attached hydrogens (tertiary/aromatic N) is 5. The molecule has 2 N–H and O–H groups in total. The zero-order valence-corrected chi connectivity index (χ0v) is 17.3. The lowest BCUT2D eigenvalue weighted by atomic mass is 10.1. The summed E-state index contributed by atoms with van der Waals surface area (Å²) >= 11 is 0. The predicted octanol–water partition coefficient (Wildman–Crippen LogP) is 2.50. The molecular formula is C17H26IN7. The van der Waals surface area contributed by atoms with Gasteiger partial charge in [0.05, 0.1) is 18.3 Å². The number of hydrogen-bond acceptors (Lipinski definition) is 4. The van der Waals surface area contributed by atoms with Crippen LogP contribution >= 0.6 is 24.0 Å². The maximum absolute atomic E-state index is 4.69. The van der Waals surface area contributed by atoms with Crippen molar-refractivity contribution >= 4 is 29.9 Å². The molecule has 8 heteroatoms. The molecule has 0 bridgehead atoms. The van der Waals surface area contributed by atoms with E-state index in [9.17, 15) is 0 Å². The number of fused-ring (bicyclic) bond motifs is 1. The Balaban J connectivity index is 0.00000225. The van der Waals surface area contributed by atoms with Crippen molar-refractivity contribution in [2.45, 2.75) is 52.7 Å². The number of aryl methyl sites for hydroxylation is 3. The second-order valence-electron chi connectivity index (χ2n) is 6.04. The van der Waals surface area contributed by atoms with Crippen LogP contribution in [0.1, 0.15) is 48.7 Å². The summed E-state index contributed by atoms with van der Waals surface area (Å²) in [7, 11) is 0. The van der Waals surface area contributed by atoms with Crippen LogP contribution in [0, 0.1) is 13.8 Å². The summed E-state index contributed by atoms with van der Waals surface area (Å²) in [5, 5.41) is 11.3. The fraction of sp³-hybridized carbons (Fsp3) is 0.529. The first-order chi connectivity index (χ1) is 11.7. The minimum Gasteiger partial charge on any atom is -0.357 e. The molecule has 0 radical (unpaired) electrons. The highest BCUT2D eigenvalue weighted by atomic mass is 127. The van der Waals surface area contributed by atoms with Gasteiger partial charge in [-0.05, 0) is 45.2 Å². The van der Waals surface area contributed by atoms with E-state index in [1.807, 2.05) is 23.9 Å². The summed E-state index contributed by atoms with van der Waals surface area (Å²) in [6, 6.07) is 4.15. The number of halogens is 1. The fourth-order valence-corrected chi connectivity index (χ4v) is 2.93. The Hall–Kier alpha value is -1.71. The zero-order chi connectivity index (χ0) is 16.9. The normalized spacial score (nSPS) is 16.8. The molecule has 0 fully saturated rings. The molecule has 2 aromatic heterocycles. The highest BCUT2D eigenvalue weighted by molar-refractivity contribution is 14.0. The third-order valence-electron chi connectivity index (χ3n) is 4.14. The Bertz CT molecular complexity index is 726. The average molecular weight is 455 g/mol. The first kappa shape index (κ1) is 19.6. The molecule has 0 aliphatic carbocycles. The van der Waals surface area contributed by atoms with Gasteiger partial charge < -0.3 is 10.6 Å². The standard InChI is InChI=1S/C17H25N7.HI/c1-4-18-17(20-11-15-12(2)7-5-9-19-15)22-14-8-6-10-24-16(14)21-13(3)23-24;/h5,7,9,14H,4,6,8,10-11H2,1-3H3,(H2,18,20,22);1H. The SMILES string of the molecule is CCNC(=NCc1ncccc1C)NC1CCCn2nc(C)nc21.I. The second-order valence-corrected chi connectivity index (χ2v) is 6.04. The smallest absolute Gasteiger partial charge is 0.192 e. The number of guanidine groups is 1. The number of nitrogens with one attached hydrogen (secondary N) is 2. The first-order valence-corrected chi connectivity index (χ1v) is 8.54. The molecule has 0 spiro atoms. The Labute approximate surface area is 165 Å². The molecule has 3 heterocycles. The van der Waals surface area contributed by atoms with E-state index >= 15 is 0 Å². The van der Waals surface area contributed by atoms with E-state index in [4.69, 9.17) is 4.99 Å². The lowest BCUT2D eigenvalue weighted by Crippen LogP contribution is -2.41. The van der Waals surface area contributed by atoms with Gasteiger partial charge in [-0.25, -0.2) is 14.7 Å². The summed E-state index contributed by atoms with van der Waals surface area (Å²) in [6.07, 6.45) is 3.93. The monoisotopic (exact) mass is 455 g/mol. The highest BCUT2D eigenvalue weighted by Crippen LogP contribution is 2.22. The van der Waals surface area contributed by atoms with Crippen LogP contribution in [0.25, 0.3) is 0 Å². The summed E-state index contributed by atoms with van der Waals surface area (Å²) in [4.78, 5) is 13.7. The molecule has 1 aliphatic heterocycles. The van der Waals surface area contributed by atoms with Crippen molar-refractivity contribution < 1.29 is 0 Å². The van der Waals surface area contributed by atoms with E-state index in [2.05, 4.69) is 45.6 Å². The van der Waals surface area contributed by atoms with Gasteiger partial charge in [0.1, 0.15) is 11.6 Å². The van der Waals surface area contributed by atoms with E-state index in [-0.39, 0.29) is 30.0 Å². The third-order valence-corrected chi connectivity index (χ3v) is 4.14. The zero-order valence-electron chi connectivity index (χ0n) is 15.0. The molecule has 1 aliphatic rings. The molecule has 0 amide bonds. The molecule has 1 atom stereocenters. The molecule has 1 unspecified atom stereocenters. The van der Waals surface area contributed by atoms with Crippen LogP contribution in [0.2, 0.25) is 0 Å². The molecule has 0 aromatic carbocycles. The third kappa shape index (κ3) is 4.90. The number of aromatic nitrogens is 4. The number of aliphatic imine (C=N–C) groups is 1. The van der Waals surface area contributed by atoms with Crippen LogP contribution in [0.5, 0.6) is 0 Å². The topological polar surface area (TPSA) is 80.0 Å². The van der Waals surface area contributed by atoms with Crippen LogP contribution in [0.4, 0.5) is 0 Å². The maximum atomic E-state index is 4.69. The molecule has 0 saturated heterocycles. The Morgan fingerprint density at radius 3 is 3.00 bits per heavy atom. The van der Waals surface area contributed by atoms with Crippen molar-refractivity contribution in [1.29, 1.82) is 0 Å². The molecule has 0 saturated carbocycles. The van der Waals surface area contributed by atoms with Crippen LogP contribution < -0.4 is 10.6 Å². The number of hydrogen-bond donors (Lipinski definition) is 2. The van der Waals surface area contributed by atoms with Gasteiger partial charge >= 0.3 is 0 Å². The second kappa shape index (κ2) is 9.12. The predicted molar refractivity (Wildman–Crippen MR) is 109 cm³/mol. The van der Waals surface area contributed by atoms with Crippen molar-refractivity contribution in [1.82, 2.24) is 30.4 Å².